The average Bonchev–Trinajstić information content (AvgIpc) is 3.39. The standard InChI is InChI=1S/C18H30N6O/c25-18(19-5-1-2-6-22-13-20-21-14-22)24-9-7-23(8-10-24)17-12-15-3-4-16(17)11-15/h13-17H,1-12H2,(H,19,25). The van der Waals surface area contributed by atoms with Crippen LogP contribution >= 0.6 is 0 Å². The van der Waals surface area contributed by atoms with Crippen LogP contribution in [-0.2, 0) is 6.54 Å². The van der Waals surface area contributed by atoms with Crippen molar-refractivity contribution in [2.45, 2.75) is 51.1 Å². The number of aromatic nitrogens is 3. The summed E-state index contributed by atoms with van der Waals surface area (Å²) in [5.74, 6) is 1.94. The Hall–Kier alpha value is -1.63. The van der Waals surface area contributed by atoms with Crippen molar-refractivity contribution >= 4 is 6.03 Å². The first kappa shape index (κ1) is 16.8. The number of unbranched alkanes of at least 4 members (excludes halogenated alkanes) is 1. The molecule has 0 radical (unpaired) electrons. The van der Waals surface area contributed by atoms with E-state index in [1.807, 2.05) is 9.47 Å². The number of hydrogen-bond acceptors (Lipinski definition) is 4. The van der Waals surface area contributed by atoms with Gasteiger partial charge in [-0.3, -0.25) is 4.90 Å². The summed E-state index contributed by atoms with van der Waals surface area (Å²) in [5.41, 5.74) is 0. The quantitative estimate of drug-likeness (QED) is 0.794. The minimum Gasteiger partial charge on any atom is -0.338 e. The number of nitrogens with zero attached hydrogens (tertiary/aromatic N) is 5. The first-order valence-corrected chi connectivity index (χ1v) is 9.89. The third-order valence-corrected chi connectivity index (χ3v) is 6.36. The van der Waals surface area contributed by atoms with Gasteiger partial charge in [0.25, 0.3) is 0 Å². The van der Waals surface area contributed by atoms with E-state index >= 15 is 0 Å². The third kappa shape index (κ3) is 3.97. The molecule has 2 bridgehead atoms. The second kappa shape index (κ2) is 7.72. The van der Waals surface area contributed by atoms with E-state index in [2.05, 4.69) is 20.4 Å². The summed E-state index contributed by atoms with van der Waals surface area (Å²) in [6.45, 7) is 5.50. The molecule has 3 atom stereocenters. The highest BCUT2D eigenvalue weighted by Gasteiger charge is 2.42. The van der Waals surface area contributed by atoms with Crippen LogP contribution in [0.1, 0.15) is 38.5 Å². The normalized spacial score (nSPS) is 29.3. The Bertz CT molecular complexity index is 554. The molecule has 1 aromatic heterocycles. The van der Waals surface area contributed by atoms with Gasteiger partial charge in [-0.15, -0.1) is 10.2 Å². The summed E-state index contributed by atoms with van der Waals surface area (Å²) in [6, 6.07) is 0.915. The van der Waals surface area contributed by atoms with E-state index in [0.717, 1.165) is 70.0 Å². The molecule has 1 aromatic rings. The highest BCUT2D eigenvalue weighted by Crippen LogP contribution is 2.46. The van der Waals surface area contributed by atoms with E-state index in [1.165, 1.54) is 25.7 Å². The van der Waals surface area contributed by atoms with E-state index in [0.29, 0.717) is 0 Å². The first-order chi connectivity index (χ1) is 12.3. The van der Waals surface area contributed by atoms with Crippen molar-refractivity contribution < 1.29 is 4.79 Å². The van der Waals surface area contributed by atoms with Crippen LogP contribution in [0.15, 0.2) is 12.7 Å². The number of hydrogen-bond donors (Lipinski definition) is 1. The summed E-state index contributed by atoms with van der Waals surface area (Å²) < 4.78 is 1.97. The van der Waals surface area contributed by atoms with Gasteiger partial charge in [-0.05, 0) is 43.9 Å². The van der Waals surface area contributed by atoms with Crippen molar-refractivity contribution in [3.63, 3.8) is 0 Å². The number of aryl methyl sites for hydroxylation is 1. The second-order valence-corrected chi connectivity index (χ2v) is 7.90. The molecule has 2 amide bonds. The first-order valence-electron chi connectivity index (χ1n) is 9.89. The Kier molecular flexibility index (Phi) is 5.20. The smallest absolute Gasteiger partial charge is 0.317 e. The van der Waals surface area contributed by atoms with Crippen LogP contribution in [0, 0.1) is 11.8 Å². The van der Waals surface area contributed by atoms with Gasteiger partial charge in [0.1, 0.15) is 12.7 Å². The van der Waals surface area contributed by atoms with Crippen molar-refractivity contribution in [1.29, 1.82) is 0 Å². The highest BCUT2D eigenvalue weighted by atomic mass is 16.2. The zero-order valence-corrected chi connectivity index (χ0v) is 15.0. The molecule has 0 aromatic carbocycles. The minimum absolute atomic E-state index is 0.108. The molecule has 1 aliphatic heterocycles. The maximum atomic E-state index is 12.3. The lowest BCUT2D eigenvalue weighted by Crippen LogP contribution is -2.55. The Balaban J connectivity index is 1.11. The summed E-state index contributed by atoms with van der Waals surface area (Å²) >= 11 is 0. The molecule has 3 fully saturated rings. The number of amides is 2. The Morgan fingerprint density at radius 3 is 2.52 bits per heavy atom. The number of piperazine rings is 1. The fraction of sp³-hybridized carbons (Fsp3) is 0.833. The van der Waals surface area contributed by atoms with E-state index in [4.69, 9.17) is 0 Å². The molecule has 4 rings (SSSR count). The second-order valence-electron chi connectivity index (χ2n) is 7.90. The maximum Gasteiger partial charge on any atom is 0.317 e. The van der Waals surface area contributed by atoms with Gasteiger partial charge in [0, 0.05) is 45.3 Å². The molecule has 25 heavy (non-hydrogen) atoms. The number of nitrogens with one attached hydrogen (secondary N) is 1. The van der Waals surface area contributed by atoms with E-state index in [1.54, 1.807) is 12.7 Å². The van der Waals surface area contributed by atoms with Crippen molar-refractivity contribution in [3.05, 3.63) is 12.7 Å². The molecular formula is C18H30N6O. The van der Waals surface area contributed by atoms with Crippen LogP contribution in [0.25, 0.3) is 0 Å². The van der Waals surface area contributed by atoms with Crippen LogP contribution in [-0.4, -0.2) is 69.4 Å². The molecule has 0 spiro atoms. The predicted octanol–water partition coefficient (Wildman–Crippen LogP) is 1.57. The largest absolute Gasteiger partial charge is 0.338 e. The fourth-order valence-corrected chi connectivity index (χ4v) is 4.98. The molecule has 7 nitrogen and oxygen atoms in total. The molecule has 3 unspecified atom stereocenters. The highest BCUT2D eigenvalue weighted by molar-refractivity contribution is 5.74. The zero-order chi connectivity index (χ0) is 17.1. The molecular weight excluding hydrogens is 316 g/mol. The average molecular weight is 346 g/mol. The van der Waals surface area contributed by atoms with Crippen LogP contribution in [0.2, 0.25) is 0 Å². The molecule has 1 N–H and O–H groups in total. The van der Waals surface area contributed by atoms with Gasteiger partial charge in [-0.1, -0.05) is 6.42 Å². The van der Waals surface area contributed by atoms with Crippen LogP contribution < -0.4 is 5.32 Å². The fourth-order valence-electron chi connectivity index (χ4n) is 4.98. The van der Waals surface area contributed by atoms with Crippen LogP contribution in [0.4, 0.5) is 4.79 Å². The minimum atomic E-state index is 0.108. The van der Waals surface area contributed by atoms with Gasteiger partial charge in [-0.2, -0.15) is 0 Å². The molecule has 2 aliphatic carbocycles. The molecule has 2 heterocycles. The monoisotopic (exact) mass is 346 g/mol. The summed E-state index contributed by atoms with van der Waals surface area (Å²) in [7, 11) is 0. The number of carbonyl (C=O) groups is 1. The predicted molar refractivity (Wildman–Crippen MR) is 95.0 cm³/mol. The lowest BCUT2D eigenvalue weighted by molar-refractivity contribution is 0.0827. The summed E-state index contributed by atoms with van der Waals surface area (Å²) in [4.78, 5) is 17.0. The van der Waals surface area contributed by atoms with Crippen LogP contribution in [0.5, 0.6) is 0 Å². The van der Waals surface area contributed by atoms with Crippen LogP contribution in [0.3, 0.4) is 0 Å². The number of rotatable bonds is 6. The summed E-state index contributed by atoms with van der Waals surface area (Å²) in [6.07, 6.45) is 11.2. The molecule has 138 valence electrons. The van der Waals surface area contributed by atoms with Gasteiger partial charge < -0.3 is 14.8 Å². The Morgan fingerprint density at radius 2 is 1.84 bits per heavy atom. The van der Waals surface area contributed by atoms with E-state index in [-0.39, 0.29) is 6.03 Å². The van der Waals surface area contributed by atoms with E-state index in [9.17, 15) is 4.79 Å². The Morgan fingerprint density at radius 1 is 1.04 bits per heavy atom. The number of fused-ring (bicyclic) bond motifs is 2. The van der Waals surface area contributed by atoms with Crippen molar-refractivity contribution in [2.24, 2.45) is 11.8 Å². The molecule has 1 saturated heterocycles. The van der Waals surface area contributed by atoms with Gasteiger partial charge in [0.2, 0.25) is 0 Å². The van der Waals surface area contributed by atoms with Gasteiger partial charge in [0.05, 0.1) is 0 Å². The molecule has 7 heteroatoms. The van der Waals surface area contributed by atoms with E-state index < -0.39 is 0 Å². The Labute approximate surface area is 149 Å². The SMILES string of the molecule is O=C(NCCCCn1cnnc1)N1CCN(C2CC3CCC2C3)CC1. The third-order valence-electron chi connectivity index (χ3n) is 6.36. The van der Waals surface area contributed by atoms with Gasteiger partial charge in [0.15, 0.2) is 0 Å². The van der Waals surface area contributed by atoms with Crippen molar-refractivity contribution in [3.8, 4) is 0 Å². The lowest BCUT2D eigenvalue weighted by atomic mass is 9.93. The zero-order valence-electron chi connectivity index (χ0n) is 15.0. The summed E-state index contributed by atoms with van der Waals surface area (Å²) in [5, 5.41) is 10.7. The molecule has 2 saturated carbocycles. The number of urea groups is 1. The molecule has 3 aliphatic rings. The topological polar surface area (TPSA) is 66.3 Å². The van der Waals surface area contributed by atoms with Gasteiger partial charge in [-0.25, -0.2) is 4.79 Å². The van der Waals surface area contributed by atoms with Crippen molar-refractivity contribution in [1.82, 2.24) is 29.9 Å². The lowest BCUT2D eigenvalue weighted by Gasteiger charge is -2.41. The van der Waals surface area contributed by atoms with Crippen molar-refractivity contribution in [2.75, 3.05) is 32.7 Å². The van der Waals surface area contributed by atoms with Gasteiger partial charge >= 0.3 is 6.03 Å². The maximum absolute atomic E-state index is 12.3. The number of carbonyl (C=O) groups excluding carboxylic acids is 1.